The van der Waals surface area contributed by atoms with Crippen LogP contribution in [-0.2, 0) is 14.3 Å². The van der Waals surface area contributed by atoms with E-state index in [2.05, 4.69) is 23.5 Å². The van der Waals surface area contributed by atoms with E-state index in [9.17, 15) is 14.4 Å². The zero-order chi connectivity index (χ0) is 19.4. The molecule has 0 aliphatic heterocycles. The van der Waals surface area contributed by atoms with Crippen LogP contribution in [0.15, 0.2) is 30.3 Å². The van der Waals surface area contributed by atoms with Crippen LogP contribution in [0, 0.1) is 0 Å². The third kappa shape index (κ3) is 7.78. The Bertz CT molecular complexity index is 570. The fourth-order valence-electron chi connectivity index (χ4n) is 2.64. The van der Waals surface area contributed by atoms with E-state index in [0.29, 0.717) is 18.7 Å². The average molecular weight is 362 g/mol. The van der Waals surface area contributed by atoms with Crippen molar-refractivity contribution in [2.45, 2.75) is 33.1 Å². The van der Waals surface area contributed by atoms with E-state index in [4.69, 9.17) is 0 Å². The minimum absolute atomic E-state index is 0.0457. The van der Waals surface area contributed by atoms with Crippen molar-refractivity contribution in [1.29, 1.82) is 0 Å². The summed E-state index contributed by atoms with van der Waals surface area (Å²) in [6, 6.07) is 8.97. The van der Waals surface area contributed by atoms with Crippen molar-refractivity contribution in [1.82, 2.24) is 9.80 Å². The van der Waals surface area contributed by atoms with Crippen LogP contribution in [0.2, 0.25) is 0 Å². The van der Waals surface area contributed by atoms with Gasteiger partial charge in [-0.05, 0) is 13.1 Å². The highest BCUT2D eigenvalue weighted by Gasteiger charge is 2.17. The Morgan fingerprint density at radius 2 is 1.54 bits per heavy atom. The van der Waals surface area contributed by atoms with Crippen LogP contribution in [0.25, 0.3) is 0 Å². The summed E-state index contributed by atoms with van der Waals surface area (Å²) in [6.45, 7) is 7.55. The molecule has 6 nitrogen and oxygen atoms in total. The zero-order valence-corrected chi connectivity index (χ0v) is 16.1. The maximum atomic E-state index is 12.6. The van der Waals surface area contributed by atoms with Gasteiger partial charge in [0.2, 0.25) is 5.91 Å². The van der Waals surface area contributed by atoms with Crippen LogP contribution >= 0.6 is 0 Å². The van der Waals surface area contributed by atoms with Crippen LogP contribution in [-0.4, -0.2) is 67.3 Å². The number of carbonyl (C=O) groups is 3. The second-order valence-electron chi connectivity index (χ2n) is 6.02. The van der Waals surface area contributed by atoms with Crippen LogP contribution in [0.5, 0.6) is 0 Å². The number of hydrogen-bond acceptors (Lipinski definition) is 5. The van der Waals surface area contributed by atoms with Gasteiger partial charge in [0.05, 0.1) is 13.5 Å². The molecule has 1 aromatic rings. The Hall–Kier alpha value is -2.21. The molecule has 26 heavy (non-hydrogen) atoms. The van der Waals surface area contributed by atoms with E-state index in [-0.39, 0.29) is 36.9 Å². The first-order valence-electron chi connectivity index (χ1n) is 9.17. The summed E-state index contributed by atoms with van der Waals surface area (Å²) < 4.78 is 4.66. The van der Waals surface area contributed by atoms with Gasteiger partial charge in [0.25, 0.3) is 0 Å². The van der Waals surface area contributed by atoms with E-state index < -0.39 is 0 Å². The molecule has 0 unspecified atom stereocenters. The van der Waals surface area contributed by atoms with Gasteiger partial charge in [-0.1, -0.05) is 44.2 Å². The number of esters is 1. The van der Waals surface area contributed by atoms with Crippen molar-refractivity contribution in [3.8, 4) is 0 Å². The maximum absolute atomic E-state index is 12.6. The summed E-state index contributed by atoms with van der Waals surface area (Å²) in [6.07, 6.45) is 0.475. The van der Waals surface area contributed by atoms with Gasteiger partial charge in [-0.15, -0.1) is 0 Å². The predicted octanol–water partition coefficient (Wildman–Crippen LogP) is 2.38. The molecule has 0 saturated carbocycles. The first-order chi connectivity index (χ1) is 12.5. The van der Waals surface area contributed by atoms with Gasteiger partial charge in [-0.2, -0.15) is 0 Å². The van der Waals surface area contributed by atoms with E-state index >= 15 is 0 Å². The van der Waals surface area contributed by atoms with Gasteiger partial charge >= 0.3 is 5.97 Å². The molecule has 0 heterocycles. The van der Waals surface area contributed by atoms with E-state index in [1.165, 1.54) is 7.11 Å². The number of methoxy groups -OCH3 is 1. The van der Waals surface area contributed by atoms with Crippen molar-refractivity contribution >= 4 is 17.7 Å². The summed E-state index contributed by atoms with van der Waals surface area (Å²) >= 11 is 0. The molecular weight excluding hydrogens is 332 g/mol. The quantitative estimate of drug-likeness (QED) is 0.422. The summed E-state index contributed by atoms with van der Waals surface area (Å²) in [5.74, 6) is -0.494. The van der Waals surface area contributed by atoms with Crippen LogP contribution in [0.3, 0.4) is 0 Å². The minimum Gasteiger partial charge on any atom is -0.469 e. The Balaban J connectivity index is 2.60. The molecular formula is C20H30N2O4. The number of ether oxygens (including phenoxy) is 1. The molecule has 0 radical (unpaired) electrons. The predicted molar refractivity (Wildman–Crippen MR) is 101 cm³/mol. The highest BCUT2D eigenvalue weighted by atomic mass is 16.5. The van der Waals surface area contributed by atoms with Crippen molar-refractivity contribution in [3.63, 3.8) is 0 Å². The van der Waals surface area contributed by atoms with E-state index in [1.54, 1.807) is 17.0 Å². The number of likely N-dealkylation sites (N-methyl/N-ethyl adjacent to an activating group) is 1. The van der Waals surface area contributed by atoms with Crippen LogP contribution < -0.4 is 0 Å². The van der Waals surface area contributed by atoms with Crippen LogP contribution in [0.4, 0.5) is 0 Å². The lowest BCUT2D eigenvalue weighted by Gasteiger charge is -2.26. The highest BCUT2D eigenvalue weighted by Crippen LogP contribution is 2.08. The lowest BCUT2D eigenvalue weighted by atomic mass is 10.1. The molecule has 0 bridgehead atoms. The third-order valence-corrected chi connectivity index (χ3v) is 4.41. The molecule has 144 valence electrons. The van der Waals surface area contributed by atoms with Crippen LogP contribution in [0.1, 0.15) is 43.5 Å². The van der Waals surface area contributed by atoms with Crippen molar-refractivity contribution in [2.75, 3.05) is 39.8 Å². The Morgan fingerprint density at radius 3 is 2.12 bits per heavy atom. The highest BCUT2D eigenvalue weighted by molar-refractivity contribution is 5.97. The van der Waals surface area contributed by atoms with Crippen molar-refractivity contribution in [3.05, 3.63) is 35.9 Å². The number of nitrogens with zero attached hydrogens (tertiary/aromatic N) is 2. The molecule has 0 N–H and O–H groups in total. The summed E-state index contributed by atoms with van der Waals surface area (Å²) in [5, 5.41) is 0. The first kappa shape index (κ1) is 21.8. The van der Waals surface area contributed by atoms with E-state index in [1.807, 2.05) is 18.2 Å². The first-order valence-corrected chi connectivity index (χ1v) is 9.17. The Labute approximate surface area is 156 Å². The zero-order valence-electron chi connectivity index (χ0n) is 16.1. The molecule has 1 aromatic carbocycles. The number of hydrogen-bond donors (Lipinski definition) is 0. The lowest BCUT2D eigenvalue weighted by molar-refractivity contribution is -0.141. The number of rotatable bonds is 12. The third-order valence-electron chi connectivity index (χ3n) is 4.41. The van der Waals surface area contributed by atoms with Gasteiger partial charge < -0.3 is 14.5 Å². The minimum atomic E-state index is -0.342. The number of ketones is 1. The molecule has 0 aliphatic carbocycles. The molecule has 0 saturated heterocycles. The van der Waals surface area contributed by atoms with Crippen molar-refractivity contribution < 1.29 is 19.1 Å². The largest absolute Gasteiger partial charge is 0.469 e. The number of Topliss-reactive ketones (excluding diaryl/α,β-unsaturated/α-hetero) is 1. The van der Waals surface area contributed by atoms with Gasteiger partial charge in [-0.3, -0.25) is 14.4 Å². The second-order valence-corrected chi connectivity index (χ2v) is 6.02. The SMILES string of the molecule is CCN(CC)CCN(CCC(=O)OC)C(=O)CCC(=O)c1ccccc1. The maximum Gasteiger partial charge on any atom is 0.307 e. The molecule has 1 amide bonds. The molecule has 6 heteroatoms. The average Bonchev–Trinajstić information content (AvgIpc) is 2.69. The lowest BCUT2D eigenvalue weighted by Crippen LogP contribution is -2.40. The van der Waals surface area contributed by atoms with Gasteiger partial charge in [-0.25, -0.2) is 0 Å². The Morgan fingerprint density at radius 1 is 0.885 bits per heavy atom. The van der Waals surface area contributed by atoms with Crippen molar-refractivity contribution in [2.24, 2.45) is 0 Å². The molecule has 0 fully saturated rings. The van der Waals surface area contributed by atoms with Gasteiger partial charge in [0.1, 0.15) is 0 Å². The summed E-state index contributed by atoms with van der Waals surface area (Å²) in [4.78, 5) is 40.1. The Kier molecular flexibility index (Phi) is 10.2. The number of benzene rings is 1. The topological polar surface area (TPSA) is 66.9 Å². The molecule has 0 aromatic heterocycles. The number of amides is 1. The smallest absolute Gasteiger partial charge is 0.307 e. The second kappa shape index (κ2) is 12.2. The molecule has 0 aliphatic rings. The molecule has 0 atom stereocenters. The summed E-state index contributed by atoms with van der Waals surface area (Å²) in [5.41, 5.74) is 0.615. The standard InChI is InChI=1S/C20H30N2O4/c1-4-21(5-2)15-16-22(14-13-20(25)26-3)19(24)12-11-18(23)17-9-7-6-8-10-17/h6-10H,4-5,11-16H2,1-3H3. The normalized spacial score (nSPS) is 10.6. The molecule has 1 rings (SSSR count). The van der Waals surface area contributed by atoms with E-state index in [0.717, 1.165) is 19.6 Å². The fourth-order valence-corrected chi connectivity index (χ4v) is 2.64. The summed E-state index contributed by atoms with van der Waals surface area (Å²) in [7, 11) is 1.34. The monoisotopic (exact) mass is 362 g/mol. The molecule has 0 spiro atoms. The fraction of sp³-hybridized carbons (Fsp3) is 0.550. The number of carbonyl (C=O) groups excluding carboxylic acids is 3. The van der Waals surface area contributed by atoms with Gasteiger partial charge in [0.15, 0.2) is 5.78 Å². The van der Waals surface area contributed by atoms with Gasteiger partial charge in [0, 0.05) is 38.0 Å².